The van der Waals surface area contributed by atoms with Crippen molar-refractivity contribution >= 4 is 29.2 Å². The lowest BCUT2D eigenvalue weighted by Crippen LogP contribution is -2.48. The predicted molar refractivity (Wildman–Crippen MR) is 107 cm³/mol. The van der Waals surface area contributed by atoms with Gasteiger partial charge in [-0.1, -0.05) is 29.8 Å². The number of hydrogen-bond acceptors (Lipinski definition) is 3. The Morgan fingerprint density at radius 3 is 2.52 bits per heavy atom. The van der Waals surface area contributed by atoms with Crippen molar-refractivity contribution in [3.8, 4) is 5.75 Å². The van der Waals surface area contributed by atoms with E-state index in [-0.39, 0.29) is 6.03 Å². The Hall–Kier alpha value is -2.53. The van der Waals surface area contributed by atoms with Crippen LogP contribution in [0.2, 0.25) is 5.02 Å². The molecule has 0 spiro atoms. The number of hydrogen-bond donors (Lipinski definition) is 0. The Bertz CT molecular complexity index is 819. The molecule has 1 aliphatic rings. The quantitative estimate of drug-likeness (QED) is 0.743. The lowest BCUT2D eigenvalue weighted by Gasteiger charge is -2.32. The molecule has 3 amide bonds. The maximum absolute atomic E-state index is 13.4. The number of urea groups is 1. The number of para-hydroxylation sites is 1. The van der Waals surface area contributed by atoms with E-state index in [1.54, 1.807) is 53.4 Å². The molecular weight excluding hydrogens is 364 g/mol. The highest BCUT2D eigenvalue weighted by Crippen LogP contribution is 2.27. The molecule has 1 saturated heterocycles. The number of carbonyl (C=O) groups excluding carboxylic acids is 2. The van der Waals surface area contributed by atoms with Crippen LogP contribution in [0.1, 0.15) is 36.5 Å². The van der Waals surface area contributed by atoms with Gasteiger partial charge >= 0.3 is 6.03 Å². The molecule has 1 aliphatic heterocycles. The molecule has 0 unspecified atom stereocenters. The van der Waals surface area contributed by atoms with Gasteiger partial charge in [0.1, 0.15) is 5.75 Å². The molecule has 2 aromatic carbocycles. The summed E-state index contributed by atoms with van der Waals surface area (Å²) in [6.45, 7) is 3.59. The number of imide groups is 1. The Balaban J connectivity index is 2.01. The first-order valence-electron chi connectivity index (χ1n) is 9.22. The second kappa shape index (κ2) is 8.91. The van der Waals surface area contributed by atoms with Gasteiger partial charge in [0.05, 0.1) is 17.9 Å². The van der Waals surface area contributed by atoms with Crippen molar-refractivity contribution in [2.75, 3.05) is 24.6 Å². The van der Waals surface area contributed by atoms with Gasteiger partial charge in [-0.15, -0.1) is 0 Å². The second-order valence-electron chi connectivity index (χ2n) is 6.38. The van der Waals surface area contributed by atoms with Gasteiger partial charge in [0.15, 0.2) is 0 Å². The fourth-order valence-corrected chi connectivity index (χ4v) is 3.39. The molecular formula is C21H23ClN2O3. The van der Waals surface area contributed by atoms with Crippen LogP contribution in [0.25, 0.3) is 0 Å². The molecule has 3 rings (SSSR count). The summed E-state index contributed by atoms with van der Waals surface area (Å²) in [6, 6.07) is 13.4. The zero-order chi connectivity index (χ0) is 19.2. The van der Waals surface area contributed by atoms with Crippen molar-refractivity contribution in [3.63, 3.8) is 0 Å². The molecule has 0 aliphatic carbocycles. The van der Waals surface area contributed by atoms with Crippen molar-refractivity contribution < 1.29 is 14.3 Å². The van der Waals surface area contributed by atoms with Crippen LogP contribution in [0.5, 0.6) is 5.75 Å². The van der Waals surface area contributed by atoms with Gasteiger partial charge in [-0.05, 0) is 56.5 Å². The zero-order valence-electron chi connectivity index (χ0n) is 15.4. The summed E-state index contributed by atoms with van der Waals surface area (Å²) >= 11 is 6.12. The molecule has 1 heterocycles. The lowest BCUT2D eigenvalue weighted by molar-refractivity contribution is 0.0980. The van der Waals surface area contributed by atoms with Crippen molar-refractivity contribution in [2.45, 2.75) is 26.2 Å². The van der Waals surface area contributed by atoms with E-state index in [1.165, 1.54) is 4.90 Å². The molecule has 142 valence electrons. The van der Waals surface area contributed by atoms with E-state index in [1.807, 2.05) is 6.92 Å². The summed E-state index contributed by atoms with van der Waals surface area (Å²) in [6.07, 6.45) is 2.99. The second-order valence-corrected chi connectivity index (χ2v) is 6.82. The summed E-state index contributed by atoms with van der Waals surface area (Å²) in [5.74, 6) is 0.0420. The average Bonchev–Trinajstić information content (AvgIpc) is 2.69. The number of benzene rings is 2. The summed E-state index contributed by atoms with van der Waals surface area (Å²) in [7, 11) is 0. The van der Waals surface area contributed by atoms with E-state index >= 15 is 0 Å². The first kappa shape index (κ1) is 19.2. The van der Waals surface area contributed by atoms with E-state index < -0.39 is 5.91 Å². The Kier molecular flexibility index (Phi) is 6.35. The van der Waals surface area contributed by atoms with Gasteiger partial charge in [0.25, 0.3) is 5.91 Å². The van der Waals surface area contributed by atoms with Crippen LogP contribution in [0.3, 0.4) is 0 Å². The van der Waals surface area contributed by atoms with Crippen LogP contribution in [0, 0.1) is 0 Å². The molecule has 0 atom stereocenters. The number of ether oxygens (including phenoxy) is 1. The number of carbonyl (C=O) groups is 2. The van der Waals surface area contributed by atoms with Gasteiger partial charge in [-0.25, -0.2) is 9.69 Å². The fourth-order valence-electron chi connectivity index (χ4n) is 3.20. The van der Waals surface area contributed by atoms with E-state index in [2.05, 4.69) is 0 Å². The third-order valence-electron chi connectivity index (χ3n) is 4.50. The Labute approximate surface area is 164 Å². The maximum Gasteiger partial charge on any atom is 0.331 e. The molecule has 27 heavy (non-hydrogen) atoms. The molecule has 0 N–H and O–H groups in total. The Morgan fingerprint density at radius 1 is 1.07 bits per heavy atom. The monoisotopic (exact) mass is 386 g/mol. The summed E-state index contributed by atoms with van der Waals surface area (Å²) < 4.78 is 5.59. The molecule has 5 nitrogen and oxygen atoms in total. The van der Waals surface area contributed by atoms with Crippen LogP contribution in [-0.4, -0.2) is 36.5 Å². The summed E-state index contributed by atoms with van der Waals surface area (Å²) in [5.41, 5.74) is 0.805. The van der Waals surface area contributed by atoms with Gasteiger partial charge < -0.3 is 9.64 Å². The third kappa shape index (κ3) is 4.42. The van der Waals surface area contributed by atoms with Crippen molar-refractivity contribution in [1.29, 1.82) is 0 Å². The van der Waals surface area contributed by atoms with E-state index in [0.29, 0.717) is 41.7 Å². The third-order valence-corrected chi connectivity index (χ3v) is 4.74. The van der Waals surface area contributed by atoms with Gasteiger partial charge in [0, 0.05) is 18.1 Å². The number of likely N-dealkylation sites (tertiary alicyclic amines) is 1. The SMILES string of the molecule is CCOc1ccccc1C(=O)N(C(=O)N1CCCCC1)c1cccc(Cl)c1. The van der Waals surface area contributed by atoms with Gasteiger partial charge in [-0.3, -0.25) is 4.79 Å². The number of amides is 3. The largest absolute Gasteiger partial charge is 0.493 e. The first-order chi connectivity index (χ1) is 13.1. The standard InChI is InChI=1S/C21H23ClN2O3/c1-2-27-19-12-5-4-11-18(19)20(25)24(17-10-8-9-16(22)15-17)21(26)23-13-6-3-7-14-23/h4-5,8-12,15H,2-3,6-7,13-14H2,1H3. The minimum Gasteiger partial charge on any atom is -0.493 e. The van der Waals surface area contributed by atoms with Crippen molar-refractivity contribution in [3.05, 3.63) is 59.1 Å². The number of anilines is 1. The summed E-state index contributed by atoms with van der Waals surface area (Å²) in [5, 5.41) is 0.467. The van der Waals surface area contributed by atoms with E-state index in [0.717, 1.165) is 19.3 Å². The maximum atomic E-state index is 13.4. The first-order valence-corrected chi connectivity index (χ1v) is 9.60. The van der Waals surface area contributed by atoms with Gasteiger partial charge in [-0.2, -0.15) is 0 Å². The molecule has 2 aromatic rings. The number of rotatable bonds is 4. The number of piperidine rings is 1. The molecule has 0 bridgehead atoms. The molecule has 6 heteroatoms. The molecule has 0 saturated carbocycles. The van der Waals surface area contributed by atoms with E-state index in [4.69, 9.17) is 16.3 Å². The van der Waals surface area contributed by atoms with Crippen LogP contribution < -0.4 is 9.64 Å². The minimum atomic E-state index is -0.420. The van der Waals surface area contributed by atoms with Crippen molar-refractivity contribution in [2.24, 2.45) is 0 Å². The van der Waals surface area contributed by atoms with Crippen LogP contribution in [0.4, 0.5) is 10.5 Å². The normalized spacial score (nSPS) is 13.9. The average molecular weight is 387 g/mol. The smallest absolute Gasteiger partial charge is 0.331 e. The van der Waals surface area contributed by atoms with Crippen LogP contribution in [-0.2, 0) is 0 Å². The fraction of sp³-hybridized carbons (Fsp3) is 0.333. The topological polar surface area (TPSA) is 49.9 Å². The lowest BCUT2D eigenvalue weighted by atomic mass is 10.1. The highest BCUT2D eigenvalue weighted by Gasteiger charge is 2.31. The van der Waals surface area contributed by atoms with E-state index in [9.17, 15) is 9.59 Å². The molecule has 0 aromatic heterocycles. The van der Waals surface area contributed by atoms with Crippen molar-refractivity contribution in [1.82, 2.24) is 4.90 Å². The van der Waals surface area contributed by atoms with Crippen LogP contribution >= 0.6 is 11.6 Å². The molecule has 1 fully saturated rings. The minimum absolute atomic E-state index is 0.326. The van der Waals surface area contributed by atoms with Crippen LogP contribution in [0.15, 0.2) is 48.5 Å². The van der Waals surface area contributed by atoms with Gasteiger partial charge in [0.2, 0.25) is 0 Å². The highest BCUT2D eigenvalue weighted by molar-refractivity contribution is 6.31. The zero-order valence-corrected chi connectivity index (χ0v) is 16.1. The number of nitrogens with zero attached hydrogens (tertiary/aromatic N) is 2. The predicted octanol–water partition coefficient (Wildman–Crippen LogP) is 4.99. The Morgan fingerprint density at radius 2 is 1.81 bits per heavy atom. The summed E-state index contributed by atoms with van der Waals surface area (Å²) in [4.78, 5) is 29.6. The highest BCUT2D eigenvalue weighted by atomic mass is 35.5. The molecule has 0 radical (unpaired) electrons. The number of halogens is 1.